The van der Waals surface area contributed by atoms with E-state index in [-0.39, 0.29) is 18.5 Å². The molecule has 6 heteroatoms. The number of rotatable bonds is 4. The van der Waals surface area contributed by atoms with Gasteiger partial charge in [-0.05, 0) is 29.3 Å². The van der Waals surface area contributed by atoms with Gasteiger partial charge in [-0.25, -0.2) is 4.79 Å². The minimum Gasteiger partial charge on any atom is -0.361 e. The lowest BCUT2D eigenvalue weighted by atomic mass is 10.0. The van der Waals surface area contributed by atoms with Crippen LogP contribution in [0.3, 0.4) is 0 Å². The first kappa shape index (κ1) is 15.9. The predicted octanol–water partition coefficient (Wildman–Crippen LogP) is 3.59. The van der Waals surface area contributed by atoms with Crippen LogP contribution in [0.4, 0.5) is 4.79 Å². The standard InChI is InChI=1S/C19H16BrN3O2/c20-14-7-5-12(6-8-14)11-23-18(24)17(22-19(23)25)9-13-10-21-16-4-2-1-3-15(13)16/h1-8,10,17,21H,9,11H2,(H,22,25)/t17-/m0/s1. The van der Waals surface area contributed by atoms with E-state index in [4.69, 9.17) is 0 Å². The number of aromatic amines is 1. The van der Waals surface area contributed by atoms with E-state index in [2.05, 4.69) is 26.2 Å². The lowest BCUT2D eigenvalue weighted by Crippen LogP contribution is -2.32. The van der Waals surface area contributed by atoms with Crippen molar-refractivity contribution in [3.8, 4) is 0 Å². The van der Waals surface area contributed by atoms with Gasteiger partial charge >= 0.3 is 6.03 Å². The molecule has 3 aromatic rings. The van der Waals surface area contributed by atoms with Crippen LogP contribution in [-0.4, -0.2) is 27.9 Å². The Hall–Kier alpha value is -2.60. The number of halogens is 1. The summed E-state index contributed by atoms with van der Waals surface area (Å²) in [5, 5.41) is 3.88. The summed E-state index contributed by atoms with van der Waals surface area (Å²) in [6, 6.07) is 14.7. The highest BCUT2D eigenvalue weighted by Crippen LogP contribution is 2.22. The predicted molar refractivity (Wildman–Crippen MR) is 99.0 cm³/mol. The first-order valence-electron chi connectivity index (χ1n) is 8.03. The Balaban J connectivity index is 1.51. The van der Waals surface area contributed by atoms with Crippen molar-refractivity contribution in [2.75, 3.05) is 0 Å². The number of para-hydroxylation sites is 1. The number of aromatic nitrogens is 1. The van der Waals surface area contributed by atoms with Gasteiger partial charge < -0.3 is 10.3 Å². The van der Waals surface area contributed by atoms with Crippen LogP contribution < -0.4 is 5.32 Å². The normalized spacial score (nSPS) is 17.3. The number of nitrogens with zero attached hydrogens (tertiary/aromatic N) is 1. The van der Waals surface area contributed by atoms with Crippen molar-refractivity contribution in [3.63, 3.8) is 0 Å². The summed E-state index contributed by atoms with van der Waals surface area (Å²) >= 11 is 3.38. The van der Waals surface area contributed by atoms with Gasteiger partial charge in [0, 0.05) is 28.0 Å². The Morgan fingerprint density at radius 2 is 1.80 bits per heavy atom. The molecule has 5 nitrogen and oxygen atoms in total. The van der Waals surface area contributed by atoms with Crippen LogP contribution >= 0.6 is 15.9 Å². The molecule has 0 saturated carbocycles. The lowest BCUT2D eigenvalue weighted by molar-refractivity contribution is -0.127. The van der Waals surface area contributed by atoms with E-state index in [1.165, 1.54) is 4.90 Å². The van der Waals surface area contributed by atoms with E-state index in [1.54, 1.807) is 0 Å². The third-order valence-electron chi connectivity index (χ3n) is 4.46. The Labute approximate surface area is 153 Å². The molecule has 0 unspecified atom stereocenters. The Bertz CT molecular complexity index is 949. The number of benzene rings is 2. The van der Waals surface area contributed by atoms with Gasteiger partial charge in [-0.2, -0.15) is 0 Å². The fourth-order valence-corrected chi connectivity index (χ4v) is 3.42. The number of H-pyrrole nitrogens is 1. The molecule has 1 fully saturated rings. The molecular weight excluding hydrogens is 382 g/mol. The maximum absolute atomic E-state index is 12.7. The topological polar surface area (TPSA) is 65.2 Å². The Kier molecular flexibility index (Phi) is 4.05. The first-order valence-corrected chi connectivity index (χ1v) is 8.82. The monoisotopic (exact) mass is 397 g/mol. The van der Waals surface area contributed by atoms with Crippen molar-refractivity contribution >= 4 is 38.8 Å². The number of hydrogen-bond donors (Lipinski definition) is 2. The molecule has 3 amide bonds. The average molecular weight is 398 g/mol. The maximum Gasteiger partial charge on any atom is 0.325 e. The van der Waals surface area contributed by atoms with Crippen molar-refractivity contribution in [1.82, 2.24) is 15.2 Å². The highest BCUT2D eigenvalue weighted by molar-refractivity contribution is 9.10. The third kappa shape index (κ3) is 3.05. The van der Waals surface area contributed by atoms with Crippen LogP contribution in [0, 0.1) is 0 Å². The number of nitrogens with one attached hydrogen (secondary N) is 2. The van der Waals surface area contributed by atoms with Gasteiger partial charge in [0.25, 0.3) is 5.91 Å². The fraction of sp³-hybridized carbons (Fsp3) is 0.158. The average Bonchev–Trinajstić information content (AvgIpc) is 3.14. The molecule has 2 N–H and O–H groups in total. The van der Waals surface area contributed by atoms with E-state index in [0.717, 1.165) is 26.5 Å². The van der Waals surface area contributed by atoms with E-state index in [0.29, 0.717) is 6.42 Å². The number of urea groups is 1. The molecule has 126 valence electrons. The van der Waals surface area contributed by atoms with E-state index in [1.807, 2.05) is 54.7 Å². The van der Waals surface area contributed by atoms with Crippen LogP contribution in [-0.2, 0) is 17.8 Å². The van der Waals surface area contributed by atoms with Gasteiger partial charge in [0.2, 0.25) is 0 Å². The second kappa shape index (κ2) is 6.37. The van der Waals surface area contributed by atoms with Crippen molar-refractivity contribution in [1.29, 1.82) is 0 Å². The molecule has 0 radical (unpaired) electrons. The lowest BCUT2D eigenvalue weighted by Gasteiger charge is -2.13. The van der Waals surface area contributed by atoms with Crippen molar-refractivity contribution in [2.24, 2.45) is 0 Å². The number of carbonyl (C=O) groups is 2. The summed E-state index contributed by atoms with van der Waals surface area (Å²) in [5.41, 5.74) is 2.97. The quantitative estimate of drug-likeness (QED) is 0.660. The van der Waals surface area contributed by atoms with Crippen molar-refractivity contribution in [2.45, 2.75) is 19.0 Å². The molecule has 1 atom stereocenters. The molecule has 1 saturated heterocycles. The smallest absolute Gasteiger partial charge is 0.325 e. The van der Waals surface area contributed by atoms with Gasteiger partial charge in [0.1, 0.15) is 6.04 Å². The molecule has 1 aromatic heterocycles. The molecule has 1 aliphatic rings. The zero-order chi connectivity index (χ0) is 17.4. The number of fused-ring (bicyclic) bond motifs is 1. The van der Waals surface area contributed by atoms with E-state index in [9.17, 15) is 9.59 Å². The summed E-state index contributed by atoms with van der Waals surface area (Å²) in [6.07, 6.45) is 2.38. The fourth-order valence-electron chi connectivity index (χ4n) is 3.16. The SMILES string of the molecule is O=C1N[C@@H](Cc2c[nH]c3ccccc23)C(=O)N1Cc1ccc(Br)cc1. The second-order valence-corrected chi connectivity index (χ2v) is 7.03. The number of imide groups is 1. The zero-order valence-electron chi connectivity index (χ0n) is 13.3. The third-order valence-corrected chi connectivity index (χ3v) is 4.99. The molecule has 0 aliphatic carbocycles. The summed E-state index contributed by atoms with van der Waals surface area (Å²) in [4.78, 5) is 29.4. The Morgan fingerprint density at radius 3 is 2.60 bits per heavy atom. The minimum absolute atomic E-state index is 0.182. The van der Waals surface area contributed by atoms with Gasteiger partial charge in [-0.3, -0.25) is 9.69 Å². The van der Waals surface area contributed by atoms with Gasteiger partial charge in [0.05, 0.1) is 6.54 Å². The van der Waals surface area contributed by atoms with Crippen LogP contribution in [0.25, 0.3) is 10.9 Å². The summed E-state index contributed by atoms with van der Waals surface area (Å²) in [5.74, 6) is -0.182. The summed E-state index contributed by atoms with van der Waals surface area (Å²) in [7, 11) is 0. The zero-order valence-corrected chi connectivity index (χ0v) is 14.9. The van der Waals surface area contributed by atoms with Crippen molar-refractivity contribution < 1.29 is 9.59 Å². The van der Waals surface area contributed by atoms with Gasteiger partial charge in [0.15, 0.2) is 0 Å². The van der Waals surface area contributed by atoms with E-state index < -0.39 is 6.04 Å². The molecule has 25 heavy (non-hydrogen) atoms. The highest BCUT2D eigenvalue weighted by atomic mass is 79.9. The molecule has 2 heterocycles. The molecule has 2 aromatic carbocycles. The van der Waals surface area contributed by atoms with Gasteiger partial charge in [-0.15, -0.1) is 0 Å². The molecule has 0 bridgehead atoms. The summed E-state index contributed by atoms with van der Waals surface area (Å²) < 4.78 is 0.964. The number of amides is 3. The largest absolute Gasteiger partial charge is 0.361 e. The van der Waals surface area contributed by atoms with E-state index >= 15 is 0 Å². The van der Waals surface area contributed by atoms with Crippen LogP contribution in [0.15, 0.2) is 59.2 Å². The summed E-state index contributed by atoms with van der Waals surface area (Å²) in [6.45, 7) is 0.280. The molecular formula is C19H16BrN3O2. The number of hydrogen-bond acceptors (Lipinski definition) is 2. The number of carbonyl (C=O) groups excluding carboxylic acids is 2. The molecule has 4 rings (SSSR count). The maximum atomic E-state index is 12.7. The van der Waals surface area contributed by atoms with Crippen LogP contribution in [0.1, 0.15) is 11.1 Å². The van der Waals surface area contributed by atoms with Crippen LogP contribution in [0.5, 0.6) is 0 Å². The first-order chi connectivity index (χ1) is 12.1. The van der Waals surface area contributed by atoms with Crippen molar-refractivity contribution in [3.05, 3.63) is 70.3 Å². The Morgan fingerprint density at radius 1 is 1.04 bits per heavy atom. The van der Waals surface area contributed by atoms with Crippen LogP contribution in [0.2, 0.25) is 0 Å². The second-order valence-electron chi connectivity index (χ2n) is 6.12. The molecule has 1 aliphatic heterocycles. The minimum atomic E-state index is -0.526. The van der Waals surface area contributed by atoms with Gasteiger partial charge in [-0.1, -0.05) is 46.3 Å². The highest BCUT2D eigenvalue weighted by Gasteiger charge is 2.38. The molecule has 0 spiro atoms.